The first-order chi connectivity index (χ1) is 4.79. The minimum Gasteiger partial charge on any atom is -0.427 e. The topological polar surface area (TPSA) is 49.7 Å². The molecule has 1 unspecified atom stereocenters. The lowest BCUT2D eigenvalue weighted by atomic mass is 9.83. The van der Waals surface area contributed by atoms with Crippen molar-refractivity contribution in [2.75, 3.05) is 6.61 Å². The Morgan fingerprint density at radius 3 is 2.80 bits per heavy atom. The van der Waals surface area contributed by atoms with Gasteiger partial charge in [0.2, 0.25) is 0 Å². The highest BCUT2D eigenvalue weighted by atomic mass is 16.5. The summed E-state index contributed by atoms with van der Waals surface area (Å²) in [6.45, 7) is 0.839. The van der Waals surface area contributed by atoms with Gasteiger partial charge in [0.15, 0.2) is 0 Å². The predicted octanol–water partition coefficient (Wildman–Crippen LogP) is 0.0283. The van der Waals surface area contributed by atoms with E-state index in [0.717, 1.165) is 25.9 Å². The molecule has 1 saturated heterocycles. The van der Waals surface area contributed by atoms with Crippen LogP contribution in [0.15, 0.2) is 0 Å². The molecule has 0 radical (unpaired) electrons. The van der Waals surface area contributed by atoms with Gasteiger partial charge in [-0.3, -0.25) is 0 Å². The molecule has 0 saturated carbocycles. The van der Waals surface area contributed by atoms with Gasteiger partial charge in [-0.2, -0.15) is 0 Å². The fourth-order valence-electron chi connectivity index (χ4n) is 1.21. The molecule has 1 aliphatic heterocycles. The van der Waals surface area contributed by atoms with Crippen LogP contribution in [-0.4, -0.2) is 29.9 Å². The fourth-order valence-corrected chi connectivity index (χ4v) is 1.21. The summed E-state index contributed by atoms with van der Waals surface area (Å²) < 4.78 is 5.28. The Hall–Kier alpha value is -0.0551. The average Bonchev–Trinajstić information content (AvgIpc) is 2.34. The number of hydrogen-bond donors (Lipinski definition) is 2. The van der Waals surface area contributed by atoms with E-state index >= 15 is 0 Å². The van der Waals surface area contributed by atoms with Gasteiger partial charge in [0, 0.05) is 6.61 Å². The van der Waals surface area contributed by atoms with E-state index in [1.165, 1.54) is 0 Å². The molecule has 0 bridgehead atoms. The molecule has 0 aromatic heterocycles. The number of hydrogen-bond acceptors (Lipinski definition) is 3. The Labute approximate surface area is 61.2 Å². The second-order valence-corrected chi connectivity index (χ2v) is 2.69. The normalized spacial score (nSPS) is 25.2. The lowest BCUT2D eigenvalue weighted by Crippen LogP contribution is -2.14. The molecule has 0 spiro atoms. The quantitative estimate of drug-likeness (QED) is 0.549. The lowest BCUT2D eigenvalue weighted by Gasteiger charge is -2.06. The number of ether oxygens (including phenoxy) is 1. The lowest BCUT2D eigenvalue weighted by molar-refractivity contribution is 0.107. The Morgan fingerprint density at radius 1 is 1.50 bits per heavy atom. The maximum atomic E-state index is 8.51. The summed E-state index contributed by atoms with van der Waals surface area (Å²) in [6, 6.07) is 0. The molecular formula is C6H13BO3. The monoisotopic (exact) mass is 144 g/mol. The minimum absolute atomic E-state index is 0.279. The molecule has 3 nitrogen and oxygen atoms in total. The predicted molar refractivity (Wildman–Crippen MR) is 38.6 cm³/mol. The van der Waals surface area contributed by atoms with Crippen LogP contribution < -0.4 is 0 Å². The van der Waals surface area contributed by atoms with Crippen LogP contribution in [0.5, 0.6) is 0 Å². The first-order valence-electron chi connectivity index (χ1n) is 3.77. The molecule has 1 fully saturated rings. The molecule has 4 heteroatoms. The largest absolute Gasteiger partial charge is 0.451 e. The van der Waals surface area contributed by atoms with Crippen LogP contribution in [0.1, 0.15) is 19.3 Å². The molecule has 1 atom stereocenters. The maximum absolute atomic E-state index is 8.51. The molecular weight excluding hydrogens is 131 g/mol. The van der Waals surface area contributed by atoms with Gasteiger partial charge in [0.1, 0.15) is 0 Å². The van der Waals surface area contributed by atoms with Gasteiger partial charge in [0.25, 0.3) is 0 Å². The summed E-state index contributed by atoms with van der Waals surface area (Å²) in [5, 5.41) is 17.0. The van der Waals surface area contributed by atoms with Crippen LogP contribution in [0.4, 0.5) is 0 Å². The van der Waals surface area contributed by atoms with Gasteiger partial charge < -0.3 is 14.8 Å². The minimum atomic E-state index is -1.16. The third-order valence-corrected chi connectivity index (χ3v) is 1.77. The summed E-state index contributed by atoms with van der Waals surface area (Å²) >= 11 is 0. The van der Waals surface area contributed by atoms with Gasteiger partial charge in [0.05, 0.1) is 6.10 Å². The zero-order valence-corrected chi connectivity index (χ0v) is 5.99. The van der Waals surface area contributed by atoms with Crippen molar-refractivity contribution in [2.45, 2.75) is 31.7 Å². The van der Waals surface area contributed by atoms with Gasteiger partial charge in [-0.05, 0) is 25.6 Å². The van der Waals surface area contributed by atoms with E-state index in [2.05, 4.69) is 0 Å². The van der Waals surface area contributed by atoms with Crippen molar-refractivity contribution in [1.82, 2.24) is 0 Å². The van der Waals surface area contributed by atoms with E-state index in [4.69, 9.17) is 14.8 Å². The standard InChI is InChI=1S/C6H13BO3/c8-7(9)4-3-6-2-1-5-10-6/h6,8-9H,1-5H2. The third kappa shape index (κ3) is 2.69. The fraction of sp³-hybridized carbons (Fsp3) is 1.00. The van der Waals surface area contributed by atoms with Gasteiger partial charge in [-0.25, -0.2) is 0 Å². The summed E-state index contributed by atoms with van der Waals surface area (Å²) in [5.74, 6) is 0. The van der Waals surface area contributed by atoms with E-state index < -0.39 is 7.12 Å². The maximum Gasteiger partial charge on any atom is 0.451 e. The molecule has 0 aliphatic carbocycles. The summed E-state index contributed by atoms with van der Waals surface area (Å²) in [5.41, 5.74) is 0. The van der Waals surface area contributed by atoms with Crippen LogP contribution in [0.3, 0.4) is 0 Å². The molecule has 1 rings (SSSR count). The highest BCUT2D eigenvalue weighted by Gasteiger charge is 2.17. The molecule has 1 heterocycles. The molecule has 1 aliphatic rings. The van der Waals surface area contributed by atoms with Gasteiger partial charge >= 0.3 is 7.12 Å². The van der Waals surface area contributed by atoms with Crippen molar-refractivity contribution in [2.24, 2.45) is 0 Å². The molecule has 0 aromatic rings. The second-order valence-electron chi connectivity index (χ2n) is 2.69. The van der Waals surface area contributed by atoms with Crippen molar-refractivity contribution in [3.05, 3.63) is 0 Å². The van der Waals surface area contributed by atoms with Gasteiger partial charge in [-0.1, -0.05) is 0 Å². The van der Waals surface area contributed by atoms with Crippen molar-refractivity contribution < 1.29 is 14.8 Å². The zero-order valence-electron chi connectivity index (χ0n) is 5.99. The number of rotatable bonds is 3. The van der Waals surface area contributed by atoms with Gasteiger partial charge in [-0.15, -0.1) is 0 Å². The van der Waals surface area contributed by atoms with E-state index in [-0.39, 0.29) is 6.10 Å². The molecule has 0 amide bonds. The van der Waals surface area contributed by atoms with Crippen LogP contribution >= 0.6 is 0 Å². The Kier molecular flexibility index (Phi) is 3.18. The van der Waals surface area contributed by atoms with E-state index in [0.29, 0.717) is 6.32 Å². The van der Waals surface area contributed by atoms with Crippen molar-refractivity contribution in [3.8, 4) is 0 Å². The molecule has 10 heavy (non-hydrogen) atoms. The van der Waals surface area contributed by atoms with Crippen molar-refractivity contribution in [1.29, 1.82) is 0 Å². The first-order valence-corrected chi connectivity index (χ1v) is 3.77. The first kappa shape index (κ1) is 8.05. The Balaban J connectivity index is 2.01. The molecule has 0 aromatic carbocycles. The highest BCUT2D eigenvalue weighted by molar-refractivity contribution is 6.40. The highest BCUT2D eigenvalue weighted by Crippen LogP contribution is 2.16. The zero-order chi connectivity index (χ0) is 7.40. The van der Waals surface area contributed by atoms with Crippen LogP contribution in [0, 0.1) is 0 Å². The summed E-state index contributed by atoms with van der Waals surface area (Å²) in [4.78, 5) is 0. The Bertz CT molecular complexity index is 91.0. The third-order valence-electron chi connectivity index (χ3n) is 1.77. The molecule has 58 valence electrons. The van der Waals surface area contributed by atoms with E-state index in [9.17, 15) is 0 Å². The smallest absolute Gasteiger partial charge is 0.427 e. The second kappa shape index (κ2) is 3.96. The SMILES string of the molecule is OB(O)CCC1CCCO1. The summed E-state index contributed by atoms with van der Waals surface area (Å²) in [7, 11) is -1.16. The van der Waals surface area contributed by atoms with Crippen molar-refractivity contribution in [3.63, 3.8) is 0 Å². The van der Waals surface area contributed by atoms with Crippen LogP contribution in [0.2, 0.25) is 6.32 Å². The van der Waals surface area contributed by atoms with Crippen LogP contribution in [-0.2, 0) is 4.74 Å². The van der Waals surface area contributed by atoms with E-state index in [1.807, 2.05) is 0 Å². The van der Waals surface area contributed by atoms with Crippen LogP contribution in [0.25, 0.3) is 0 Å². The molecule has 2 N–H and O–H groups in total. The average molecular weight is 144 g/mol. The Morgan fingerprint density at radius 2 is 2.30 bits per heavy atom. The van der Waals surface area contributed by atoms with Crippen molar-refractivity contribution >= 4 is 7.12 Å². The summed E-state index contributed by atoms with van der Waals surface area (Å²) in [6.07, 6.45) is 3.68. The van der Waals surface area contributed by atoms with E-state index in [1.54, 1.807) is 0 Å².